The molecular weight excluding hydrogens is 263 g/mol. The van der Waals surface area contributed by atoms with Crippen LogP contribution in [0.5, 0.6) is 0 Å². The number of anilines is 1. The summed E-state index contributed by atoms with van der Waals surface area (Å²) in [5.41, 5.74) is 2.86. The third kappa shape index (κ3) is 3.24. The van der Waals surface area contributed by atoms with Crippen LogP contribution in [0.3, 0.4) is 0 Å². The molecule has 0 spiro atoms. The van der Waals surface area contributed by atoms with Gasteiger partial charge in [0.05, 0.1) is 22.3 Å². The molecule has 4 heteroatoms. The second-order valence-corrected chi connectivity index (χ2v) is 4.65. The van der Waals surface area contributed by atoms with E-state index in [-0.39, 0.29) is 5.82 Å². The molecule has 0 saturated carbocycles. The van der Waals surface area contributed by atoms with Crippen molar-refractivity contribution >= 4 is 17.3 Å². The van der Waals surface area contributed by atoms with Crippen molar-refractivity contribution in [2.24, 2.45) is 0 Å². The SMILES string of the molecule is Cc1cc(CNc2ccc(C#N)cc2Cl)ccc1F. The second kappa shape index (κ2) is 5.73. The van der Waals surface area contributed by atoms with Gasteiger partial charge in [-0.1, -0.05) is 23.7 Å². The van der Waals surface area contributed by atoms with E-state index in [1.165, 1.54) is 6.07 Å². The molecule has 0 aliphatic carbocycles. The van der Waals surface area contributed by atoms with Crippen molar-refractivity contribution in [3.8, 4) is 6.07 Å². The first-order chi connectivity index (χ1) is 9.10. The van der Waals surface area contributed by atoms with Gasteiger partial charge in [-0.25, -0.2) is 4.39 Å². The monoisotopic (exact) mass is 274 g/mol. The molecule has 0 amide bonds. The fraction of sp³-hybridized carbons (Fsp3) is 0.133. The molecule has 0 atom stereocenters. The van der Waals surface area contributed by atoms with E-state index >= 15 is 0 Å². The number of halogens is 2. The predicted octanol–water partition coefficient (Wildman–Crippen LogP) is 4.27. The molecule has 1 N–H and O–H groups in total. The summed E-state index contributed by atoms with van der Waals surface area (Å²) >= 11 is 6.06. The van der Waals surface area contributed by atoms with E-state index in [1.807, 2.05) is 6.07 Å². The van der Waals surface area contributed by atoms with Gasteiger partial charge in [-0.3, -0.25) is 0 Å². The smallest absolute Gasteiger partial charge is 0.126 e. The molecule has 2 aromatic rings. The third-order valence-corrected chi connectivity index (χ3v) is 3.12. The van der Waals surface area contributed by atoms with Crippen molar-refractivity contribution in [2.75, 3.05) is 5.32 Å². The van der Waals surface area contributed by atoms with Crippen molar-refractivity contribution in [1.82, 2.24) is 0 Å². The molecule has 96 valence electrons. The van der Waals surface area contributed by atoms with E-state index in [2.05, 4.69) is 5.32 Å². The number of hydrogen-bond acceptors (Lipinski definition) is 2. The Morgan fingerprint density at radius 2 is 2.05 bits per heavy atom. The minimum Gasteiger partial charge on any atom is -0.380 e. The Hall–Kier alpha value is -2.05. The van der Waals surface area contributed by atoms with Crippen molar-refractivity contribution in [1.29, 1.82) is 5.26 Å². The van der Waals surface area contributed by atoms with Crippen molar-refractivity contribution in [3.63, 3.8) is 0 Å². The summed E-state index contributed by atoms with van der Waals surface area (Å²) in [5.74, 6) is -0.208. The molecule has 2 nitrogen and oxygen atoms in total. The van der Waals surface area contributed by atoms with Gasteiger partial charge in [0.25, 0.3) is 0 Å². The number of hydrogen-bond donors (Lipinski definition) is 1. The first kappa shape index (κ1) is 13.4. The largest absolute Gasteiger partial charge is 0.380 e. The highest BCUT2D eigenvalue weighted by Gasteiger charge is 2.03. The number of nitrogens with one attached hydrogen (secondary N) is 1. The Balaban J connectivity index is 2.10. The van der Waals surface area contributed by atoms with Crippen molar-refractivity contribution in [2.45, 2.75) is 13.5 Å². The Morgan fingerprint density at radius 1 is 1.26 bits per heavy atom. The van der Waals surface area contributed by atoms with Gasteiger partial charge in [0.1, 0.15) is 5.82 Å². The van der Waals surface area contributed by atoms with Crippen LogP contribution in [-0.2, 0) is 6.54 Å². The Labute approximate surface area is 116 Å². The van der Waals surface area contributed by atoms with E-state index < -0.39 is 0 Å². The Bertz CT molecular complexity index is 647. The van der Waals surface area contributed by atoms with Crippen LogP contribution in [0.4, 0.5) is 10.1 Å². The lowest BCUT2D eigenvalue weighted by atomic mass is 10.1. The summed E-state index contributed by atoms with van der Waals surface area (Å²) in [6.45, 7) is 2.28. The molecule has 0 aliphatic heterocycles. The first-order valence-corrected chi connectivity index (χ1v) is 6.16. The van der Waals surface area contributed by atoms with Gasteiger partial charge in [-0.2, -0.15) is 5.26 Å². The van der Waals surface area contributed by atoms with Gasteiger partial charge >= 0.3 is 0 Å². The highest BCUT2D eigenvalue weighted by Crippen LogP contribution is 2.23. The van der Waals surface area contributed by atoms with Crippen molar-refractivity contribution < 1.29 is 4.39 Å². The zero-order valence-electron chi connectivity index (χ0n) is 10.4. The number of nitrogens with zero attached hydrogens (tertiary/aromatic N) is 1. The van der Waals surface area contributed by atoms with Crippen LogP contribution in [0.1, 0.15) is 16.7 Å². The first-order valence-electron chi connectivity index (χ1n) is 5.78. The summed E-state index contributed by atoms with van der Waals surface area (Å²) in [6, 6.07) is 12.1. The predicted molar refractivity (Wildman–Crippen MR) is 74.6 cm³/mol. The lowest BCUT2D eigenvalue weighted by Gasteiger charge is -2.09. The van der Waals surface area contributed by atoms with Crippen LogP contribution in [0, 0.1) is 24.1 Å². The molecule has 2 rings (SSSR count). The summed E-state index contributed by atoms with van der Waals surface area (Å²) in [5, 5.41) is 12.4. The minimum atomic E-state index is -0.208. The highest BCUT2D eigenvalue weighted by molar-refractivity contribution is 6.33. The van der Waals surface area contributed by atoms with E-state index in [1.54, 1.807) is 37.3 Å². The fourth-order valence-corrected chi connectivity index (χ4v) is 1.99. The van der Waals surface area contributed by atoms with Gasteiger partial charge in [0, 0.05) is 6.54 Å². The molecule has 0 radical (unpaired) electrons. The Kier molecular flexibility index (Phi) is 4.03. The van der Waals surface area contributed by atoms with E-state index in [0.717, 1.165) is 11.3 Å². The standard InChI is InChI=1S/C15H12ClFN2/c1-10-6-12(2-4-14(10)17)9-19-15-5-3-11(8-18)7-13(15)16/h2-7,19H,9H2,1H3. The fourth-order valence-electron chi connectivity index (χ4n) is 1.74. The second-order valence-electron chi connectivity index (χ2n) is 4.24. The average Bonchev–Trinajstić information content (AvgIpc) is 2.41. The zero-order chi connectivity index (χ0) is 13.8. The topological polar surface area (TPSA) is 35.8 Å². The maximum Gasteiger partial charge on any atom is 0.126 e. The summed E-state index contributed by atoms with van der Waals surface area (Å²) in [7, 11) is 0. The minimum absolute atomic E-state index is 0.208. The maximum atomic E-state index is 13.1. The van der Waals surface area contributed by atoms with Crippen LogP contribution in [-0.4, -0.2) is 0 Å². The number of benzene rings is 2. The Morgan fingerprint density at radius 3 is 2.68 bits per heavy atom. The van der Waals surface area contributed by atoms with Crippen LogP contribution < -0.4 is 5.32 Å². The molecule has 0 aromatic heterocycles. The number of rotatable bonds is 3. The van der Waals surface area contributed by atoms with E-state index in [9.17, 15) is 4.39 Å². The lowest BCUT2D eigenvalue weighted by Crippen LogP contribution is -2.01. The van der Waals surface area contributed by atoms with E-state index in [0.29, 0.717) is 22.7 Å². The van der Waals surface area contributed by atoms with Crippen molar-refractivity contribution in [3.05, 3.63) is 63.9 Å². The van der Waals surface area contributed by atoms with Gasteiger partial charge < -0.3 is 5.32 Å². The molecule has 0 fully saturated rings. The van der Waals surface area contributed by atoms with Gasteiger partial charge in [0.15, 0.2) is 0 Å². The average molecular weight is 275 g/mol. The molecule has 0 heterocycles. The summed E-state index contributed by atoms with van der Waals surface area (Å²) in [6.07, 6.45) is 0. The molecular formula is C15H12ClFN2. The van der Waals surface area contributed by atoms with Gasteiger partial charge in [-0.05, 0) is 42.3 Å². The highest BCUT2D eigenvalue weighted by atomic mass is 35.5. The molecule has 0 aliphatic rings. The number of aryl methyl sites for hydroxylation is 1. The lowest BCUT2D eigenvalue weighted by molar-refractivity contribution is 0.617. The number of nitriles is 1. The van der Waals surface area contributed by atoms with E-state index in [4.69, 9.17) is 16.9 Å². The molecule has 0 bridgehead atoms. The van der Waals surface area contributed by atoms with Gasteiger partial charge in [0.2, 0.25) is 0 Å². The molecule has 2 aromatic carbocycles. The molecule has 0 saturated heterocycles. The van der Waals surface area contributed by atoms with Crippen LogP contribution in [0.15, 0.2) is 36.4 Å². The molecule has 19 heavy (non-hydrogen) atoms. The van der Waals surface area contributed by atoms with Gasteiger partial charge in [-0.15, -0.1) is 0 Å². The summed E-state index contributed by atoms with van der Waals surface area (Å²) in [4.78, 5) is 0. The van der Waals surface area contributed by atoms with Crippen LogP contribution in [0.25, 0.3) is 0 Å². The zero-order valence-corrected chi connectivity index (χ0v) is 11.1. The van der Waals surface area contributed by atoms with Crippen LogP contribution in [0.2, 0.25) is 5.02 Å². The normalized spacial score (nSPS) is 10.0. The maximum absolute atomic E-state index is 13.1. The quantitative estimate of drug-likeness (QED) is 0.907. The summed E-state index contributed by atoms with van der Waals surface area (Å²) < 4.78 is 13.1. The molecule has 0 unspecified atom stereocenters. The van der Waals surface area contributed by atoms with Crippen LogP contribution >= 0.6 is 11.6 Å². The third-order valence-electron chi connectivity index (χ3n) is 2.80.